The summed E-state index contributed by atoms with van der Waals surface area (Å²) in [6.45, 7) is 1.84. The minimum Gasteiger partial charge on any atom is -0.469 e. The second-order valence-electron chi connectivity index (χ2n) is 5.67. The highest BCUT2D eigenvalue weighted by Crippen LogP contribution is 2.09. The Bertz CT molecular complexity index is 646. The Morgan fingerprint density at radius 3 is 2.44 bits per heavy atom. The summed E-state index contributed by atoms with van der Waals surface area (Å²) in [6.07, 6.45) is 1.97. The highest BCUT2D eigenvalue weighted by atomic mass is 16.5. The molecule has 1 rings (SSSR count). The average molecular weight is 378 g/mol. The van der Waals surface area contributed by atoms with Gasteiger partial charge >= 0.3 is 5.97 Å². The maximum absolute atomic E-state index is 11.9. The molecular weight excluding hydrogens is 352 g/mol. The molecule has 0 aliphatic heterocycles. The number of hydrogen-bond donors (Lipinski definition) is 3. The van der Waals surface area contributed by atoms with Crippen molar-refractivity contribution in [3.63, 3.8) is 0 Å². The molecule has 0 saturated heterocycles. The Labute approximate surface area is 158 Å². The van der Waals surface area contributed by atoms with Gasteiger partial charge in [-0.2, -0.15) is 5.10 Å². The molecule has 0 aromatic heterocycles. The second kappa shape index (κ2) is 12.4. The summed E-state index contributed by atoms with van der Waals surface area (Å²) < 4.78 is 9.99. The lowest BCUT2D eigenvalue weighted by molar-refractivity contribution is -0.144. The zero-order valence-electron chi connectivity index (χ0n) is 15.6. The summed E-state index contributed by atoms with van der Waals surface area (Å²) >= 11 is 0. The summed E-state index contributed by atoms with van der Waals surface area (Å²) in [6, 6.07) is 6.95. The summed E-state index contributed by atoms with van der Waals surface area (Å²) in [5.41, 5.74) is 1.43. The molecule has 148 valence electrons. The van der Waals surface area contributed by atoms with Gasteiger partial charge in [0.25, 0.3) is 0 Å². The smallest absolute Gasteiger partial charge is 0.308 e. The van der Waals surface area contributed by atoms with Crippen LogP contribution in [-0.2, 0) is 23.9 Å². The first-order valence-corrected chi connectivity index (χ1v) is 8.56. The predicted octanol–water partition coefficient (Wildman–Crippen LogP) is 1.13. The highest BCUT2D eigenvalue weighted by molar-refractivity contribution is 5.93. The van der Waals surface area contributed by atoms with Gasteiger partial charge in [-0.15, -0.1) is 0 Å². The highest BCUT2D eigenvalue weighted by Gasteiger charge is 2.13. The number of carbonyl (C=O) groups is 3. The van der Waals surface area contributed by atoms with E-state index in [1.165, 1.54) is 13.3 Å². The van der Waals surface area contributed by atoms with Crippen LogP contribution in [0.1, 0.15) is 38.2 Å². The number of carbonyl (C=O) groups excluding carboxylic acids is 3. The zero-order valence-corrected chi connectivity index (χ0v) is 15.6. The Kier molecular flexibility index (Phi) is 10.2. The number of hydrazone groups is 1. The normalized spacial score (nSPS) is 11.8. The van der Waals surface area contributed by atoms with E-state index in [9.17, 15) is 14.4 Å². The monoisotopic (exact) mass is 378 g/mol. The number of methoxy groups -OCH3 is 1. The van der Waals surface area contributed by atoms with Gasteiger partial charge in [0.05, 0.1) is 25.8 Å². The molecule has 1 aromatic carbocycles. The quantitative estimate of drug-likeness (QED) is 0.174. The van der Waals surface area contributed by atoms with Crippen LogP contribution in [0, 0.1) is 0 Å². The standard InChI is InChI=1S/C18H26N4O5/c1-3-15(10-18(25)26-2)27-12-20-16(23)8-9-17(24)22-14-6-4-13(5-7-14)11-21-19/h4-7,11,15H,3,8-10,12,19H2,1-2H3,(H,20,23)(H,22,24)/b21-11+. The molecule has 2 amide bonds. The first kappa shape index (κ1) is 22.1. The fourth-order valence-electron chi connectivity index (χ4n) is 2.11. The van der Waals surface area contributed by atoms with Crippen molar-refractivity contribution in [3.05, 3.63) is 29.8 Å². The maximum atomic E-state index is 11.9. The number of benzene rings is 1. The van der Waals surface area contributed by atoms with Gasteiger partial charge in [-0.05, 0) is 24.1 Å². The molecule has 9 heteroatoms. The molecule has 0 aliphatic carbocycles. The van der Waals surface area contributed by atoms with Gasteiger partial charge in [-0.25, -0.2) is 0 Å². The van der Waals surface area contributed by atoms with E-state index in [1.54, 1.807) is 24.3 Å². The lowest BCUT2D eigenvalue weighted by atomic mass is 10.2. The van der Waals surface area contributed by atoms with Crippen LogP contribution in [0.2, 0.25) is 0 Å². The third-order valence-corrected chi connectivity index (χ3v) is 3.66. The van der Waals surface area contributed by atoms with Crippen LogP contribution in [0.5, 0.6) is 0 Å². The van der Waals surface area contributed by atoms with E-state index in [0.29, 0.717) is 12.1 Å². The molecule has 0 spiro atoms. The van der Waals surface area contributed by atoms with Crippen LogP contribution in [0.4, 0.5) is 5.69 Å². The number of hydrogen-bond acceptors (Lipinski definition) is 7. The van der Waals surface area contributed by atoms with Crippen molar-refractivity contribution < 1.29 is 23.9 Å². The fourth-order valence-corrected chi connectivity index (χ4v) is 2.11. The lowest BCUT2D eigenvalue weighted by Gasteiger charge is -2.15. The Balaban J connectivity index is 2.26. The first-order chi connectivity index (χ1) is 13.0. The molecule has 0 bridgehead atoms. The molecule has 0 heterocycles. The van der Waals surface area contributed by atoms with E-state index in [2.05, 4.69) is 20.5 Å². The molecule has 1 atom stereocenters. The molecule has 0 fully saturated rings. The van der Waals surface area contributed by atoms with Crippen molar-refractivity contribution in [3.8, 4) is 0 Å². The van der Waals surface area contributed by atoms with Crippen LogP contribution in [0.15, 0.2) is 29.4 Å². The molecule has 0 radical (unpaired) electrons. The average Bonchev–Trinajstić information content (AvgIpc) is 2.67. The van der Waals surface area contributed by atoms with Crippen LogP contribution < -0.4 is 16.5 Å². The number of ether oxygens (including phenoxy) is 2. The van der Waals surface area contributed by atoms with Gasteiger partial charge in [0.15, 0.2) is 0 Å². The van der Waals surface area contributed by atoms with E-state index >= 15 is 0 Å². The van der Waals surface area contributed by atoms with Crippen LogP contribution >= 0.6 is 0 Å². The van der Waals surface area contributed by atoms with Crippen molar-refractivity contribution >= 4 is 29.7 Å². The number of nitrogens with two attached hydrogens (primary N) is 1. The fraction of sp³-hybridized carbons (Fsp3) is 0.444. The van der Waals surface area contributed by atoms with Crippen LogP contribution in [0.25, 0.3) is 0 Å². The van der Waals surface area contributed by atoms with Crippen molar-refractivity contribution in [2.45, 2.75) is 38.7 Å². The third-order valence-electron chi connectivity index (χ3n) is 3.66. The molecule has 27 heavy (non-hydrogen) atoms. The summed E-state index contributed by atoms with van der Waals surface area (Å²) in [5, 5.41) is 8.68. The molecule has 4 N–H and O–H groups in total. The number of nitrogens with zero attached hydrogens (tertiary/aromatic N) is 1. The third kappa shape index (κ3) is 9.36. The van der Waals surface area contributed by atoms with Crippen LogP contribution in [0.3, 0.4) is 0 Å². The number of esters is 1. The molecule has 1 unspecified atom stereocenters. The Morgan fingerprint density at radius 1 is 1.19 bits per heavy atom. The first-order valence-electron chi connectivity index (χ1n) is 8.56. The van der Waals surface area contributed by atoms with Gasteiger partial charge in [0, 0.05) is 18.5 Å². The number of anilines is 1. The lowest BCUT2D eigenvalue weighted by Crippen LogP contribution is -2.30. The second-order valence-corrected chi connectivity index (χ2v) is 5.67. The summed E-state index contributed by atoms with van der Waals surface area (Å²) in [4.78, 5) is 34.9. The Morgan fingerprint density at radius 2 is 1.85 bits per heavy atom. The van der Waals surface area contributed by atoms with E-state index in [1.807, 2.05) is 6.92 Å². The number of rotatable bonds is 11. The summed E-state index contributed by atoms with van der Waals surface area (Å²) in [7, 11) is 1.31. The van der Waals surface area contributed by atoms with E-state index in [-0.39, 0.29) is 49.9 Å². The molecule has 1 aromatic rings. The zero-order chi connectivity index (χ0) is 20.1. The predicted molar refractivity (Wildman–Crippen MR) is 101 cm³/mol. The van der Waals surface area contributed by atoms with Gasteiger partial charge in [0.2, 0.25) is 11.8 Å². The molecule has 0 saturated carbocycles. The SMILES string of the molecule is CCC(CC(=O)OC)OCNC(=O)CCC(=O)Nc1ccc(/C=N/N)cc1. The van der Waals surface area contributed by atoms with Crippen molar-refractivity contribution in [2.75, 3.05) is 19.2 Å². The molecule has 0 aliphatic rings. The van der Waals surface area contributed by atoms with Gasteiger partial charge in [-0.1, -0.05) is 19.1 Å². The minimum absolute atomic E-state index is 0.0277. The van der Waals surface area contributed by atoms with E-state index < -0.39 is 0 Å². The maximum Gasteiger partial charge on any atom is 0.308 e. The summed E-state index contributed by atoms with van der Waals surface area (Å²) in [5.74, 6) is 4.11. The number of nitrogens with one attached hydrogen (secondary N) is 2. The molecular formula is C18H26N4O5. The van der Waals surface area contributed by atoms with Gasteiger partial charge in [0.1, 0.15) is 6.73 Å². The van der Waals surface area contributed by atoms with Gasteiger partial charge in [-0.3, -0.25) is 14.4 Å². The van der Waals surface area contributed by atoms with Crippen molar-refractivity contribution in [1.29, 1.82) is 0 Å². The number of amides is 2. The minimum atomic E-state index is -0.367. The van der Waals surface area contributed by atoms with E-state index in [4.69, 9.17) is 10.6 Å². The van der Waals surface area contributed by atoms with Crippen LogP contribution in [-0.4, -0.2) is 43.9 Å². The van der Waals surface area contributed by atoms with E-state index in [0.717, 1.165) is 5.56 Å². The van der Waals surface area contributed by atoms with Crippen molar-refractivity contribution in [1.82, 2.24) is 5.32 Å². The Hall–Kier alpha value is -2.94. The topological polar surface area (TPSA) is 132 Å². The van der Waals surface area contributed by atoms with Gasteiger partial charge < -0.3 is 25.9 Å². The molecule has 9 nitrogen and oxygen atoms in total. The van der Waals surface area contributed by atoms with Crippen molar-refractivity contribution in [2.24, 2.45) is 10.9 Å². The largest absolute Gasteiger partial charge is 0.469 e.